The quantitative estimate of drug-likeness (QED) is 0.0962. The fraction of sp³-hybridized carbons (Fsp3) is 1.00. The molecule has 8 aliphatic carbocycles. The summed E-state index contributed by atoms with van der Waals surface area (Å²) < 4.78 is 99.6. The summed E-state index contributed by atoms with van der Waals surface area (Å²) in [6, 6.07) is 3.84. The lowest BCUT2D eigenvalue weighted by Crippen LogP contribution is -2.89. The Hall–Kier alpha value is 1.69. The van der Waals surface area contributed by atoms with Crippen molar-refractivity contribution in [2.75, 3.05) is 5.79 Å². The van der Waals surface area contributed by atoms with E-state index in [4.69, 9.17) is 49.4 Å². The minimum absolute atomic E-state index is 0.151. The van der Waals surface area contributed by atoms with Crippen LogP contribution in [0.4, 0.5) is 0 Å². The Bertz CT molecular complexity index is 1680. The normalized spacial score (nSPS) is 50.4. The smallest absolute Gasteiger partial charge is 0.373 e. The molecule has 0 spiro atoms. The van der Waals surface area contributed by atoms with E-state index >= 15 is 0 Å². The summed E-state index contributed by atoms with van der Waals surface area (Å²) in [4.78, 5) is 0. The molecule has 6 aliphatic heterocycles. The molecule has 21 heteroatoms. The fourth-order valence-electron chi connectivity index (χ4n) is 17.6. The van der Waals surface area contributed by atoms with Gasteiger partial charge >= 0.3 is 70.4 Å². The van der Waals surface area contributed by atoms with Crippen LogP contribution in [0.3, 0.4) is 0 Å². The van der Waals surface area contributed by atoms with E-state index in [1.54, 1.807) is 0 Å². The van der Waals surface area contributed by atoms with Gasteiger partial charge in [-0.1, -0.05) is 105 Å². The average Bonchev–Trinajstić information content (AvgIpc) is 3.10. The molecule has 16 bridgehead atoms. The molecule has 8 saturated carbocycles. The molecule has 0 aromatic carbocycles. The maximum atomic E-state index is 8.61. The van der Waals surface area contributed by atoms with E-state index in [0.717, 1.165) is 41.3 Å². The monoisotopic (exact) mass is 1130 g/mol. The van der Waals surface area contributed by atoms with Gasteiger partial charge in [0.15, 0.2) is 0 Å². The van der Waals surface area contributed by atoms with Crippen molar-refractivity contribution in [3.63, 3.8) is 0 Å². The molecule has 6 heterocycles. The van der Waals surface area contributed by atoms with E-state index in [1.165, 1.54) is 77.0 Å². The number of hydrogen-bond acceptors (Lipinski definition) is 12. The molecule has 6 saturated heterocycles. The van der Waals surface area contributed by atoms with E-state index in [2.05, 4.69) is 96.9 Å². The van der Waals surface area contributed by atoms with Crippen molar-refractivity contribution in [3.8, 4) is 0 Å². The SMILES string of the molecule is CC(C)C[Si]12O[Si]3(CC(C)C)O[Si]4(CC(C)C)O[Si](CC(C)C)(O1)O[Si]1(CC(C)C)O[Si](CC(C)C)(O2)O[Si](CC(C)C)(O3)O[Si](CP(C23CC5CC(CC(C5)C2)C3)C23CC5CC(CC(C5)C2)C3)(O4)O1. The summed E-state index contributed by atoms with van der Waals surface area (Å²) in [6.07, 6.45) is 16.7. The van der Waals surface area contributed by atoms with Crippen LogP contribution in [0.25, 0.3) is 0 Å². The molecule has 0 aromatic rings. The largest absolute Gasteiger partial charge is 0.483 e. The third kappa shape index (κ3) is 10.2. The Morgan fingerprint density at radius 1 is 0.286 bits per heavy atom. The Morgan fingerprint density at radius 3 is 0.600 bits per heavy atom. The third-order valence-electron chi connectivity index (χ3n) is 17.8. The van der Waals surface area contributed by atoms with E-state index in [-0.39, 0.29) is 51.7 Å². The predicted octanol–water partition coefficient (Wildman–Crippen LogP) is 13.3. The van der Waals surface area contributed by atoms with E-state index in [9.17, 15) is 0 Å². The molecule has 0 unspecified atom stereocenters. The van der Waals surface area contributed by atoms with Crippen molar-refractivity contribution < 1.29 is 49.4 Å². The van der Waals surface area contributed by atoms with Gasteiger partial charge in [0.25, 0.3) is 0 Å². The summed E-state index contributed by atoms with van der Waals surface area (Å²) in [7, 11) is -32.7. The highest BCUT2D eigenvalue weighted by molar-refractivity contribution is 7.63. The zero-order valence-corrected chi connectivity index (χ0v) is 54.9. The lowest BCUT2D eigenvalue weighted by Gasteiger charge is -2.69. The second kappa shape index (κ2) is 18.6. The van der Waals surface area contributed by atoms with Gasteiger partial charge in [-0.05, 0) is 164 Å². The molecule has 0 N–H and O–H groups in total. The minimum atomic E-state index is -4.13. The van der Waals surface area contributed by atoms with Gasteiger partial charge in [0, 0.05) is 48.1 Å². The Labute approximate surface area is 434 Å². The van der Waals surface area contributed by atoms with Crippen molar-refractivity contribution in [1.82, 2.24) is 0 Å². The highest BCUT2D eigenvalue weighted by Crippen LogP contribution is 2.80. The first kappa shape index (κ1) is 53.7. The van der Waals surface area contributed by atoms with Crippen molar-refractivity contribution >= 4 is 78.4 Å². The van der Waals surface area contributed by atoms with Gasteiger partial charge in [0.1, 0.15) is 0 Å². The van der Waals surface area contributed by atoms with Crippen LogP contribution in [-0.2, 0) is 49.4 Å². The summed E-state index contributed by atoms with van der Waals surface area (Å²) in [5, 5.41) is 0.550. The van der Waals surface area contributed by atoms with Gasteiger partial charge < -0.3 is 49.4 Å². The van der Waals surface area contributed by atoms with E-state index < -0.39 is 78.4 Å². The zero-order chi connectivity index (χ0) is 49.7. The molecule has 70 heavy (non-hydrogen) atoms. The average molecular weight is 1130 g/mol. The molecule has 14 rings (SSSR count). The Balaban J connectivity index is 1.20. The van der Waals surface area contributed by atoms with Gasteiger partial charge in [0.05, 0.1) is 0 Å². The van der Waals surface area contributed by atoms with Crippen molar-refractivity contribution in [2.24, 2.45) is 76.9 Å². The fourth-order valence-corrected chi connectivity index (χ4v) is 78.0. The van der Waals surface area contributed by atoms with Gasteiger partial charge in [-0.2, -0.15) is 0 Å². The van der Waals surface area contributed by atoms with Crippen LogP contribution in [-0.4, -0.2) is 86.5 Å². The van der Waals surface area contributed by atoms with Crippen LogP contribution >= 0.6 is 7.92 Å². The second-order valence-corrected chi connectivity index (χ2v) is 56.3. The zero-order valence-electron chi connectivity index (χ0n) is 46.0. The molecule has 0 amide bonds. The lowest BCUT2D eigenvalue weighted by atomic mass is 9.55. The van der Waals surface area contributed by atoms with Crippen LogP contribution in [0, 0.1) is 76.9 Å². The summed E-state index contributed by atoms with van der Waals surface area (Å²) in [5.41, 5.74) is 0. The molecule has 14 aliphatic rings. The highest BCUT2D eigenvalue weighted by Gasteiger charge is 2.84. The van der Waals surface area contributed by atoms with Crippen LogP contribution < -0.4 is 0 Å². The van der Waals surface area contributed by atoms with E-state index in [0.29, 0.717) is 42.3 Å². The first-order valence-corrected chi connectivity index (χ1v) is 45.9. The molecule has 0 atom stereocenters. The third-order valence-corrected chi connectivity index (χ3v) is 63.1. The van der Waals surface area contributed by atoms with Gasteiger partial charge in [-0.25, -0.2) is 0 Å². The minimum Gasteiger partial charge on any atom is -0.373 e. The molecule has 0 radical (unpaired) electrons. The Kier molecular flexibility index (Phi) is 14.3. The summed E-state index contributed by atoms with van der Waals surface area (Å²) in [6.45, 7) is 31.7. The first-order valence-electron chi connectivity index (χ1n) is 28.9. The van der Waals surface area contributed by atoms with Gasteiger partial charge in [-0.15, -0.1) is 0 Å². The standard InChI is InChI=1S/C49H95O12PSi8/c1-35(2)27-63-50-64(28-36(3)4)53-67(31-39(9)10)55-65(51-63,29-37(5)6)57-69(33-41(13)14)58-66(52-63,30-38(7)8)56-68(54-64,32-40(11)12)60-70(59-67,61-69)34-62(48-21-42-15-43(22-48)17-44(16-42)23-48)49-24-45-18-46(25-49)20-47(19-45)26-49/h35-47H,15-34H2,1-14H3. The van der Waals surface area contributed by atoms with Crippen LogP contribution in [0.5, 0.6) is 0 Å². The van der Waals surface area contributed by atoms with Gasteiger partial charge in [-0.3, -0.25) is 0 Å². The van der Waals surface area contributed by atoms with Crippen molar-refractivity contribution in [2.45, 2.75) is 227 Å². The van der Waals surface area contributed by atoms with Crippen LogP contribution in [0.15, 0.2) is 0 Å². The second-order valence-electron chi connectivity index (χ2n) is 28.7. The summed E-state index contributed by atoms with van der Waals surface area (Å²) in [5.74, 6) is 6.83. The van der Waals surface area contributed by atoms with Crippen molar-refractivity contribution in [3.05, 3.63) is 0 Å². The molecule has 12 nitrogen and oxygen atoms in total. The first-order chi connectivity index (χ1) is 32.7. The lowest BCUT2D eigenvalue weighted by molar-refractivity contribution is -0.0332. The van der Waals surface area contributed by atoms with Crippen LogP contribution in [0.1, 0.15) is 174 Å². The molecule has 0 aromatic heterocycles. The maximum Gasteiger partial charge on any atom is 0.483 e. The van der Waals surface area contributed by atoms with Crippen molar-refractivity contribution in [1.29, 1.82) is 0 Å². The topological polar surface area (TPSA) is 111 Å². The molecule has 14 fully saturated rings. The maximum absolute atomic E-state index is 8.61. The predicted molar refractivity (Wildman–Crippen MR) is 290 cm³/mol. The summed E-state index contributed by atoms with van der Waals surface area (Å²) >= 11 is 0. The Morgan fingerprint density at radius 2 is 0.443 bits per heavy atom. The highest BCUT2D eigenvalue weighted by atomic mass is 31.1. The van der Waals surface area contributed by atoms with E-state index in [1.807, 2.05) is 0 Å². The van der Waals surface area contributed by atoms with Gasteiger partial charge in [0.2, 0.25) is 0 Å². The molecular weight excluding hydrogens is 1040 g/mol. The number of hydrogen-bond donors (Lipinski definition) is 0. The number of rotatable bonds is 18. The molecular formula is C49H95O12PSi8. The molecule has 400 valence electrons. The van der Waals surface area contributed by atoms with Crippen LogP contribution in [0.2, 0.25) is 42.3 Å².